The maximum atomic E-state index is 14.7. The third kappa shape index (κ3) is 27.3. The predicted octanol–water partition coefficient (Wildman–Crippen LogP) is -4.01. The van der Waals surface area contributed by atoms with E-state index in [1.165, 1.54) is 45.8 Å². The monoisotopic (exact) mass is 1360 g/mol. The Balaban J connectivity index is 1.58. The number of carbonyl (C=O) groups is 13. The Morgan fingerprint density at radius 3 is 1.59 bits per heavy atom. The van der Waals surface area contributed by atoms with E-state index in [1.54, 1.807) is 30.3 Å². The lowest BCUT2D eigenvalue weighted by Crippen LogP contribution is -2.60. The maximum Gasteiger partial charge on any atom is 0.245 e. The first-order valence-corrected chi connectivity index (χ1v) is 33.7. The highest BCUT2D eigenvalue weighted by molar-refractivity contribution is 7.98. The highest BCUT2D eigenvalue weighted by Gasteiger charge is 2.42. The molecule has 530 valence electrons. The number of phenolic OH excluding ortho intramolecular Hbond substituents is 1. The van der Waals surface area contributed by atoms with E-state index in [-0.39, 0.29) is 88.8 Å². The number of hydrogen-bond acceptors (Lipinski definition) is 18. The van der Waals surface area contributed by atoms with Crippen LogP contribution in [-0.4, -0.2) is 203 Å². The minimum Gasteiger partial charge on any atom is -0.508 e. The van der Waals surface area contributed by atoms with E-state index in [1.807, 2.05) is 20.1 Å². The van der Waals surface area contributed by atoms with Crippen LogP contribution in [0.25, 0.3) is 0 Å². The first kappa shape index (κ1) is 79.3. The summed E-state index contributed by atoms with van der Waals surface area (Å²) in [7, 11) is 0. The summed E-state index contributed by atoms with van der Waals surface area (Å²) >= 11 is 1.44. The average molecular weight is 1360 g/mol. The molecule has 2 saturated heterocycles. The van der Waals surface area contributed by atoms with Gasteiger partial charge in [0.15, 0.2) is 5.96 Å². The normalized spacial score (nSPS) is 16.8. The number of benzene rings is 2. The zero-order chi connectivity index (χ0) is 71.0. The highest BCUT2D eigenvalue weighted by Crippen LogP contribution is 2.24. The number of phenols is 1. The Labute approximate surface area is 562 Å². The molecule has 13 amide bonds. The second-order valence-electron chi connectivity index (χ2n) is 24.3. The summed E-state index contributed by atoms with van der Waals surface area (Å²) < 4.78 is 0. The molecule has 0 bridgehead atoms. The Kier molecular flexibility index (Phi) is 33.9. The van der Waals surface area contributed by atoms with Crippen LogP contribution < -0.4 is 82.7 Å². The number of guanidine groups is 1. The van der Waals surface area contributed by atoms with Crippen molar-refractivity contribution in [2.45, 2.75) is 183 Å². The lowest BCUT2D eigenvalue weighted by Gasteiger charge is -2.32. The van der Waals surface area contributed by atoms with Crippen LogP contribution in [0.2, 0.25) is 0 Å². The molecule has 0 spiro atoms. The molecule has 2 fully saturated rings. The summed E-state index contributed by atoms with van der Waals surface area (Å²) in [5, 5.41) is 31.0. The van der Waals surface area contributed by atoms with Crippen molar-refractivity contribution < 1.29 is 67.4 Å². The number of nitrogens with zero attached hydrogens (tertiary/aromatic N) is 3. The number of nitrogens with two attached hydrogens (primary N) is 7. The van der Waals surface area contributed by atoms with Gasteiger partial charge < -0.3 is 97.6 Å². The molecule has 2 aromatic rings. The van der Waals surface area contributed by atoms with Gasteiger partial charge in [0, 0.05) is 45.3 Å². The molecule has 0 radical (unpaired) electrons. The molecule has 32 nitrogen and oxygen atoms in total. The van der Waals surface area contributed by atoms with Crippen LogP contribution >= 0.6 is 11.8 Å². The van der Waals surface area contributed by atoms with Crippen molar-refractivity contribution in [2.24, 2.45) is 51.0 Å². The Hall–Kier alpha value is -9.11. The topological polar surface area (TPSA) is 539 Å². The summed E-state index contributed by atoms with van der Waals surface area (Å²) in [4.78, 5) is 185. The number of likely N-dealkylation sites (tertiary alicyclic amines) is 2. The fourth-order valence-corrected chi connectivity index (χ4v) is 11.5. The van der Waals surface area contributed by atoms with E-state index in [0.717, 1.165) is 0 Å². The van der Waals surface area contributed by atoms with Gasteiger partial charge in [0.05, 0.1) is 12.6 Å². The molecule has 0 aromatic heterocycles. The summed E-state index contributed by atoms with van der Waals surface area (Å²) in [6.07, 6.45) is 2.80. The maximum absolute atomic E-state index is 14.7. The molecule has 2 aliphatic rings. The van der Waals surface area contributed by atoms with E-state index in [9.17, 15) is 67.4 Å². The van der Waals surface area contributed by atoms with Gasteiger partial charge in [-0.05, 0) is 131 Å². The lowest BCUT2D eigenvalue weighted by molar-refractivity contribution is -0.144. The first-order chi connectivity index (χ1) is 45.6. The van der Waals surface area contributed by atoms with Gasteiger partial charge in [-0.2, -0.15) is 11.8 Å². The van der Waals surface area contributed by atoms with Crippen molar-refractivity contribution in [3.63, 3.8) is 0 Å². The molecular weight excluding hydrogens is 1260 g/mol. The van der Waals surface area contributed by atoms with Crippen molar-refractivity contribution in [2.75, 3.05) is 44.7 Å². The zero-order valence-corrected chi connectivity index (χ0v) is 55.7. The van der Waals surface area contributed by atoms with Crippen molar-refractivity contribution in [1.29, 1.82) is 0 Å². The van der Waals surface area contributed by atoms with Crippen LogP contribution in [0, 0.1) is 5.92 Å². The highest BCUT2D eigenvalue weighted by atomic mass is 32.2. The Bertz CT molecular complexity index is 3010. The molecule has 4 rings (SSSR count). The van der Waals surface area contributed by atoms with Crippen molar-refractivity contribution in [1.82, 2.24) is 52.3 Å². The molecule has 0 aliphatic carbocycles. The first-order valence-electron chi connectivity index (χ1n) is 32.3. The van der Waals surface area contributed by atoms with E-state index in [2.05, 4.69) is 47.5 Å². The van der Waals surface area contributed by atoms with Gasteiger partial charge >= 0.3 is 0 Å². The molecule has 0 saturated carbocycles. The number of unbranched alkanes of at least 4 members (excludes halogenated alkanes) is 1. The molecule has 96 heavy (non-hydrogen) atoms. The molecule has 10 atom stereocenters. The Morgan fingerprint density at radius 2 is 1.06 bits per heavy atom. The lowest BCUT2D eigenvalue weighted by atomic mass is 10.0. The second kappa shape index (κ2) is 41.0. The number of rotatable bonds is 42. The Morgan fingerprint density at radius 1 is 0.562 bits per heavy atom. The van der Waals surface area contributed by atoms with Crippen LogP contribution in [0.3, 0.4) is 0 Å². The van der Waals surface area contributed by atoms with Crippen LogP contribution in [0.4, 0.5) is 0 Å². The van der Waals surface area contributed by atoms with Gasteiger partial charge in [-0.3, -0.25) is 67.3 Å². The van der Waals surface area contributed by atoms with Crippen LogP contribution in [0.15, 0.2) is 59.6 Å². The zero-order valence-electron chi connectivity index (χ0n) is 54.9. The minimum absolute atomic E-state index is 0.0642. The number of primary amides is 3. The number of hydrogen-bond donors (Lipinski definition) is 16. The molecule has 2 aliphatic heterocycles. The molecule has 2 heterocycles. The summed E-state index contributed by atoms with van der Waals surface area (Å²) in [6.45, 7) is 3.77. The number of carbonyl (C=O) groups excluding carboxylic acids is 13. The van der Waals surface area contributed by atoms with Gasteiger partial charge in [0.2, 0.25) is 76.8 Å². The second-order valence-corrected chi connectivity index (χ2v) is 25.3. The summed E-state index contributed by atoms with van der Waals surface area (Å²) in [6, 6.07) is 1.28. The third-order valence-electron chi connectivity index (χ3n) is 16.1. The van der Waals surface area contributed by atoms with Gasteiger partial charge in [-0.25, -0.2) is 0 Å². The minimum atomic E-state index is -1.67. The van der Waals surface area contributed by atoms with Gasteiger partial charge in [-0.15, -0.1) is 0 Å². The SMILES string of the molecule is CSCC[C@H](NC(=O)[C@H](CC(C)C)NC(=O)CNC(=O)[C@H](Cc1ccc(O)cc1)NC(=O)[C@H](Cc1ccccc1)NC(=O)[C@@H](CCC(N)=O)NC(=O)[C@@H](CCC(N)=O)NC(=O)[C@H]1CCCN1C(=O)[C@H](CCCCN)NC(=O)[C@@H]1CCCN1C(=O)[C@@H](N)CCCN=C(N)N)C(N)=O. The molecule has 33 heteroatoms. The van der Waals surface area contributed by atoms with E-state index in [4.69, 9.17) is 40.1 Å². The smallest absolute Gasteiger partial charge is 0.245 e. The van der Waals surface area contributed by atoms with Crippen molar-refractivity contribution in [3.8, 4) is 5.75 Å². The quantitative estimate of drug-likeness (QED) is 0.0171. The van der Waals surface area contributed by atoms with Crippen LogP contribution in [0.5, 0.6) is 5.75 Å². The number of amides is 13. The van der Waals surface area contributed by atoms with Gasteiger partial charge in [0.25, 0.3) is 0 Å². The van der Waals surface area contributed by atoms with Gasteiger partial charge in [0.1, 0.15) is 60.1 Å². The number of nitrogens with one attached hydrogen (secondary N) is 8. The number of thioether (sulfide) groups is 1. The van der Waals surface area contributed by atoms with E-state index < -0.39 is 169 Å². The molecule has 0 unspecified atom stereocenters. The summed E-state index contributed by atoms with van der Waals surface area (Å²) in [5.74, 6) is -10.2. The standard InChI is InChI=1S/C63H98N18O14S/c1-36(2)32-45(57(90)74-41(53(68)86)26-31-96-3)73-52(85)35-72-54(87)46(34-38-18-20-39(82)21-19-38)78-58(91)47(33-37-12-5-4-6-13-37)79-56(89)42(22-24-50(66)83)75-55(88)43(23-25-51(67)84)76-59(92)49-17-11-30-81(49)62(95)44(15-7-8-27-64)77-60(93)48-16-10-29-80(48)61(94)40(65)14-9-28-71-63(69)70/h4-6,12-13,18-21,36,40-49,82H,7-11,14-17,22-35,64-65H2,1-3H3,(H2,66,83)(H2,67,84)(H2,68,86)(H,72,87)(H,73,85)(H,74,90)(H,75,88)(H,76,92)(H,77,93)(H,78,91)(H,79,89)(H4,69,70,71)/t40-,41-,42+,43+,44-,45-,46-,47-,48-,49+/m0/s1. The fraction of sp³-hybridized carbons (Fsp3) is 0.587. The molecular formula is C63H98N18O14S. The fourth-order valence-electron chi connectivity index (χ4n) is 11.0. The van der Waals surface area contributed by atoms with Gasteiger partial charge in [-0.1, -0.05) is 56.3 Å². The number of aliphatic imine (C=N–C) groups is 1. The largest absolute Gasteiger partial charge is 0.508 e. The molecule has 2 aromatic carbocycles. The van der Waals surface area contributed by atoms with Crippen LogP contribution in [-0.2, 0) is 75.2 Å². The average Bonchev–Trinajstić information content (AvgIpc) is 1.63. The van der Waals surface area contributed by atoms with Crippen molar-refractivity contribution in [3.05, 3.63) is 65.7 Å². The van der Waals surface area contributed by atoms with E-state index >= 15 is 0 Å². The van der Waals surface area contributed by atoms with Crippen LogP contribution in [0.1, 0.15) is 121 Å². The predicted molar refractivity (Wildman–Crippen MR) is 357 cm³/mol. The van der Waals surface area contributed by atoms with E-state index in [0.29, 0.717) is 55.4 Å². The summed E-state index contributed by atoms with van der Waals surface area (Å²) in [5.41, 5.74) is 40.4. The third-order valence-corrected chi connectivity index (χ3v) is 16.8. The molecule has 23 N–H and O–H groups in total. The number of aromatic hydroxyl groups is 1. The van der Waals surface area contributed by atoms with Crippen molar-refractivity contribution >= 4 is 94.5 Å².